The molecule has 0 saturated carbocycles. The summed E-state index contributed by atoms with van der Waals surface area (Å²) >= 11 is 0. The minimum Gasteiger partial charge on any atom is -0.490 e. The van der Waals surface area contributed by atoms with Crippen molar-refractivity contribution in [1.29, 1.82) is 0 Å². The Hall–Kier alpha value is -1.13. The molecule has 20 heavy (non-hydrogen) atoms. The van der Waals surface area contributed by atoms with Gasteiger partial charge in [0, 0.05) is 12.6 Å². The summed E-state index contributed by atoms with van der Waals surface area (Å²) in [4.78, 5) is 0. The van der Waals surface area contributed by atoms with Crippen molar-refractivity contribution >= 4 is 0 Å². The molecule has 2 rings (SSSR count). The number of ether oxygens (including phenoxy) is 2. The summed E-state index contributed by atoms with van der Waals surface area (Å²) in [5.74, 6) is 0.0532. The Morgan fingerprint density at radius 2 is 2.35 bits per heavy atom. The quantitative estimate of drug-likeness (QED) is 0.781. The van der Waals surface area contributed by atoms with Crippen molar-refractivity contribution in [1.82, 2.24) is 0 Å². The van der Waals surface area contributed by atoms with Gasteiger partial charge in [-0.25, -0.2) is 4.39 Å². The molecule has 1 saturated heterocycles. The summed E-state index contributed by atoms with van der Waals surface area (Å²) < 4.78 is 25.0. The molecule has 1 aliphatic heterocycles. The maximum absolute atomic E-state index is 13.8. The average molecular weight is 281 g/mol. The Kier molecular flexibility index (Phi) is 5.80. The molecule has 1 heterocycles. The van der Waals surface area contributed by atoms with E-state index in [-0.39, 0.29) is 11.9 Å². The lowest BCUT2D eigenvalue weighted by Gasteiger charge is -2.14. The fourth-order valence-electron chi connectivity index (χ4n) is 2.58. The number of benzene rings is 1. The normalized spacial score (nSPS) is 20.1. The number of nitrogens with two attached hydrogens (primary N) is 1. The second-order valence-corrected chi connectivity index (χ2v) is 5.54. The van der Waals surface area contributed by atoms with Crippen LogP contribution in [-0.4, -0.2) is 25.4 Å². The molecule has 1 aliphatic rings. The molecular weight excluding hydrogens is 257 g/mol. The van der Waals surface area contributed by atoms with Gasteiger partial charge in [0.15, 0.2) is 11.6 Å². The lowest BCUT2D eigenvalue weighted by Crippen LogP contribution is -2.18. The van der Waals surface area contributed by atoms with E-state index in [0.29, 0.717) is 24.9 Å². The van der Waals surface area contributed by atoms with Crippen molar-refractivity contribution in [3.05, 3.63) is 29.6 Å². The van der Waals surface area contributed by atoms with Crippen LogP contribution in [0.25, 0.3) is 0 Å². The van der Waals surface area contributed by atoms with Crippen LogP contribution in [0.15, 0.2) is 18.2 Å². The summed E-state index contributed by atoms with van der Waals surface area (Å²) in [5, 5.41) is 0. The second-order valence-electron chi connectivity index (χ2n) is 5.54. The first-order valence-corrected chi connectivity index (χ1v) is 7.44. The lowest BCUT2D eigenvalue weighted by atomic mass is 10.1. The van der Waals surface area contributed by atoms with E-state index in [1.54, 1.807) is 6.07 Å². The smallest absolute Gasteiger partial charge is 0.165 e. The molecule has 2 unspecified atom stereocenters. The molecule has 2 atom stereocenters. The molecule has 4 heteroatoms. The predicted octanol–water partition coefficient (Wildman–Crippen LogP) is 3.05. The first-order valence-electron chi connectivity index (χ1n) is 7.44. The highest BCUT2D eigenvalue weighted by atomic mass is 19.1. The Balaban J connectivity index is 1.84. The molecule has 0 radical (unpaired) electrons. The van der Waals surface area contributed by atoms with Crippen LogP contribution in [-0.2, 0) is 11.2 Å². The molecule has 112 valence electrons. The highest BCUT2D eigenvalue weighted by Crippen LogP contribution is 2.24. The van der Waals surface area contributed by atoms with Crippen LogP contribution in [0, 0.1) is 5.82 Å². The monoisotopic (exact) mass is 281 g/mol. The van der Waals surface area contributed by atoms with E-state index in [2.05, 4.69) is 0 Å². The third kappa shape index (κ3) is 4.46. The molecule has 0 spiro atoms. The van der Waals surface area contributed by atoms with Gasteiger partial charge in [0.2, 0.25) is 0 Å². The van der Waals surface area contributed by atoms with Crippen LogP contribution in [0.4, 0.5) is 4.39 Å². The summed E-state index contributed by atoms with van der Waals surface area (Å²) in [6, 6.07) is 5.00. The van der Waals surface area contributed by atoms with E-state index in [1.165, 1.54) is 6.07 Å². The number of hydrogen-bond donors (Lipinski definition) is 1. The first-order chi connectivity index (χ1) is 9.66. The van der Waals surface area contributed by atoms with Gasteiger partial charge in [-0.15, -0.1) is 0 Å². The fourth-order valence-corrected chi connectivity index (χ4v) is 2.58. The molecule has 0 aliphatic carbocycles. The zero-order valence-corrected chi connectivity index (χ0v) is 12.1. The fraction of sp³-hybridized carbons (Fsp3) is 0.625. The molecule has 1 aromatic rings. The summed E-state index contributed by atoms with van der Waals surface area (Å²) in [7, 11) is 0. The molecule has 0 aromatic heterocycles. The second kappa shape index (κ2) is 7.60. The van der Waals surface area contributed by atoms with Crippen molar-refractivity contribution in [2.45, 2.75) is 51.2 Å². The Labute approximate surface area is 120 Å². The van der Waals surface area contributed by atoms with E-state index in [1.807, 2.05) is 13.0 Å². The minimum atomic E-state index is -0.305. The predicted molar refractivity (Wildman–Crippen MR) is 77.5 cm³/mol. The van der Waals surface area contributed by atoms with E-state index in [0.717, 1.165) is 37.9 Å². The summed E-state index contributed by atoms with van der Waals surface area (Å²) in [5.41, 5.74) is 6.63. The van der Waals surface area contributed by atoms with Crippen molar-refractivity contribution in [2.75, 3.05) is 13.2 Å². The average Bonchev–Trinajstić information content (AvgIpc) is 2.89. The lowest BCUT2D eigenvalue weighted by molar-refractivity contribution is 0.0978. The number of hydrogen-bond acceptors (Lipinski definition) is 3. The van der Waals surface area contributed by atoms with Crippen molar-refractivity contribution < 1.29 is 13.9 Å². The Morgan fingerprint density at radius 3 is 3.05 bits per heavy atom. The van der Waals surface area contributed by atoms with E-state index < -0.39 is 0 Å². The molecule has 2 N–H and O–H groups in total. The maximum Gasteiger partial charge on any atom is 0.165 e. The van der Waals surface area contributed by atoms with E-state index >= 15 is 0 Å². The van der Waals surface area contributed by atoms with E-state index in [4.69, 9.17) is 15.2 Å². The molecule has 1 fully saturated rings. The molecular formula is C16H24FNO2. The topological polar surface area (TPSA) is 44.5 Å². The van der Waals surface area contributed by atoms with Crippen molar-refractivity contribution in [2.24, 2.45) is 5.73 Å². The van der Waals surface area contributed by atoms with Crippen LogP contribution < -0.4 is 10.5 Å². The SMILES string of the molecule is CC(N)Cc1cccc(F)c1OCCCC1CCCO1. The molecule has 0 amide bonds. The maximum atomic E-state index is 13.8. The number of halogens is 1. The third-order valence-corrected chi connectivity index (χ3v) is 3.53. The summed E-state index contributed by atoms with van der Waals surface area (Å²) in [6.07, 6.45) is 5.14. The Bertz CT molecular complexity index is 417. The highest BCUT2D eigenvalue weighted by Gasteiger charge is 2.15. The van der Waals surface area contributed by atoms with Gasteiger partial charge in [0.05, 0.1) is 12.7 Å². The van der Waals surface area contributed by atoms with Crippen LogP contribution in [0.3, 0.4) is 0 Å². The van der Waals surface area contributed by atoms with Crippen molar-refractivity contribution in [3.63, 3.8) is 0 Å². The van der Waals surface area contributed by atoms with Gasteiger partial charge >= 0.3 is 0 Å². The Morgan fingerprint density at radius 1 is 1.50 bits per heavy atom. The van der Waals surface area contributed by atoms with Crippen LogP contribution in [0.1, 0.15) is 38.2 Å². The van der Waals surface area contributed by atoms with Crippen LogP contribution in [0.5, 0.6) is 5.75 Å². The third-order valence-electron chi connectivity index (χ3n) is 3.53. The van der Waals surface area contributed by atoms with E-state index in [9.17, 15) is 4.39 Å². The zero-order chi connectivity index (χ0) is 14.4. The van der Waals surface area contributed by atoms with Gasteiger partial charge < -0.3 is 15.2 Å². The standard InChI is InChI=1S/C16H24FNO2/c1-12(18)11-13-5-2-8-15(17)16(13)20-10-4-7-14-6-3-9-19-14/h2,5,8,12,14H,3-4,6-7,9-11,18H2,1H3. The number of para-hydroxylation sites is 1. The van der Waals surface area contributed by atoms with Crippen LogP contribution in [0.2, 0.25) is 0 Å². The number of rotatable bonds is 7. The summed E-state index contributed by atoms with van der Waals surface area (Å²) in [6.45, 7) is 3.30. The van der Waals surface area contributed by atoms with Gasteiger partial charge in [-0.1, -0.05) is 12.1 Å². The van der Waals surface area contributed by atoms with Gasteiger partial charge in [0.25, 0.3) is 0 Å². The van der Waals surface area contributed by atoms with Gasteiger partial charge in [-0.2, -0.15) is 0 Å². The van der Waals surface area contributed by atoms with Crippen LogP contribution >= 0.6 is 0 Å². The van der Waals surface area contributed by atoms with Gasteiger partial charge in [0.1, 0.15) is 0 Å². The molecule has 0 bridgehead atoms. The minimum absolute atomic E-state index is 0.00830. The first kappa shape index (κ1) is 15.3. The largest absolute Gasteiger partial charge is 0.490 e. The van der Waals surface area contributed by atoms with Crippen molar-refractivity contribution in [3.8, 4) is 5.75 Å². The zero-order valence-electron chi connectivity index (χ0n) is 12.1. The molecule has 3 nitrogen and oxygen atoms in total. The molecule has 1 aromatic carbocycles. The van der Waals surface area contributed by atoms with Gasteiger partial charge in [-0.3, -0.25) is 0 Å². The highest BCUT2D eigenvalue weighted by molar-refractivity contribution is 5.35. The van der Waals surface area contributed by atoms with Gasteiger partial charge in [-0.05, 0) is 50.7 Å².